The van der Waals surface area contributed by atoms with Crippen molar-refractivity contribution in [3.8, 4) is 0 Å². The highest BCUT2D eigenvalue weighted by molar-refractivity contribution is 5.65. The Morgan fingerprint density at radius 1 is 0.727 bits per heavy atom. The Balaban J connectivity index is 3.22. The molecule has 0 aromatic rings. The van der Waals surface area contributed by atoms with Crippen LogP contribution in [0.25, 0.3) is 0 Å². The summed E-state index contributed by atoms with van der Waals surface area (Å²) < 4.78 is 0.542. The van der Waals surface area contributed by atoms with Crippen molar-refractivity contribution in [2.45, 2.75) is 90.4 Å². The molecule has 0 fully saturated rings. The molecule has 0 aliphatic heterocycles. The van der Waals surface area contributed by atoms with Crippen molar-refractivity contribution in [2.75, 3.05) is 27.2 Å². The fourth-order valence-electron chi connectivity index (χ4n) is 2.99. The fourth-order valence-corrected chi connectivity index (χ4v) is 2.99. The zero-order valence-corrected chi connectivity index (χ0v) is 15.4. The average Bonchev–Trinajstić information content (AvgIpc) is 2.42. The summed E-state index contributed by atoms with van der Waals surface area (Å²) in [5.74, 6) is -0.945. The minimum atomic E-state index is -0.945. The van der Waals surface area contributed by atoms with Crippen LogP contribution in [0.5, 0.6) is 0 Å². The van der Waals surface area contributed by atoms with Crippen LogP contribution < -0.4 is 5.11 Å². The molecule has 0 rings (SSSR count). The lowest BCUT2D eigenvalue weighted by Gasteiger charge is -2.30. The van der Waals surface area contributed by atoms with Gasteiger partial charge in [0.2, 0.25) is 0 Å². The third kappa shape index (κ3) is 15.8. The Morgan fingerprint density at radius 2 is 1.09 bits per heavy atom. The number of carboxylic acid groups (broad SMARTS) is 1. The highest BCUT2D eigenvalue weighted by Gasteiger charge is 2.14. The Morgan fingerprint density at radius 3 is 1.45 bits per heavy atom. The van der Waals surface area contributed by atoms with Crippen molar-refractivity contribution in [3.05, 3.63) is 0 Å². The Labute approximate surface area is 138 Å². The average molecular weight is 314 g/mol. The first-order valence-electron chi connectivity index (χ1n) is 9.50. The minimum absolute atomic E-state index is 0.123. The van der Waals surface area contributed by atoms with Gasteiger partial charge in [-0.25, -0.2) is 0 Å². The lowest BCUT2D eigenvalue weighted by Crippen LogP contribution is -2.48. The number of carboxylic acids is 1. The number of unbranched alkanes of at least 4 members (excludes halogenated alkanes) is 12. The van der Waals surface area contributed by atoms with Crippen molar-refractivity contribution in [1.29, 1.82) is 0 Å². The summed E-state index contributed by atoms with van der Waals surface area (Å²) in [6, 6.07) is 0. The molecule has 0 bridgehead atoms. The van der Waals surface area contributed by atoms with Crippen LogP contribution >= 0.6 is 0 Å². The highest BCUT2D eigenvalue weighted by Crippen LogP contribution is 2.13. The van der Waals surface area contributed by atoms with Crippen molar-refractivity contribution < 1.29 is 14.4 Å². The van der Waals surface area contributed by atoms with E-state index >= 15 is 0 Å². The van der Waals surface area contributed by atoms with Gasteiger partial charge < -0.3 is 14.4 Å². The van der Waals surface area contributed by atoms with Crippen molar-refractivity contribution in [3.63, 3.8) is 0 Å². The van der Waals surface area contributed by atoms with Gasteiger partial charge in [-0.2, -0.15) is 0 Å². The number of hydrogen-bond acceptors (Lipinski definition) is 2. The predicted molar refractivity (Wildman–Crippen MR) is 92.5 cm³/mol. The summed E-state index contributed by atoms with van der Waals surface area (Å²) in [6.45, 7) is 3.33. The first-order valence-corrected chi connectivity index (χ1v) is 9.50. The first kappa shape index (κ1) is 21.4. The number of rotatable bonds is 16. The lowest BCUT2D eigenvalue weighted by molar-refractivity contribution is -0.885. The third-order valence-electron chi connectivity index (χ3n) is 4.42. The summed E-state index contributed by atoms with van der Waals surface area (Å²) >= 11 is 0. The van der Waals surface area contributed by atoms with E-state index in [1.807, 2.05) is 14.1 Å². The molecule has 0 amide bonds. The summed E-state index contributed by atoms with van der Waals surface area (Å²) in [4.78, 5) is 10.6. The maximum atomic E-state index is 10.6. The van der Waals surface area contributed by atoms with Gasteiger partial charge in [0, 0.05) is 0 Å². The molecule has 0 aromatic carbocycles. The molecule has 0 unspecified atom stereocenters. The predicted octanol–water partition coefficient (Wildman–Crippen LogP) is 3.90. The van der Waals surface area contributed by atoms with Crippen LogP contribution in [0.1, 0.15) is 90.4 Å². The molecule has 0 atom stereocenters. The molecule has 3 heteroatoms. The molecular formula is C19H39NO2. The van der Waals surface area contributed by atoms with Gasteiger partial charge in [-0.3, -0.25) is 0 Å². The Bertz CT molecular complexity index is 264. The molecule has 3 nitrogen and oxygen atoms in total. The van der Waals surface area contributed by atoms with Crippen LogP contribution in [0.3, 0.4) is 0 Å². The molecule has 22 heavy (non-hydrogen) atoms. The summed E-state index contributed by atoms with van der Waals surface area (Å²) in [5, 5.41) is 10.6. The number of hydrogen-bond donors (Lipinski definition) is 0. The van der Waals surface area contributed by atoms with E-state index in [1.54, 1.807) is 0 Å². The van der Waals surface area contributed by atoms with E-state index in [0.29, 0.717) is 4.48 Å². The Kier molecular flexibility index (Phi) is 13.7. The standard InChI is InChI=1S/C19H39NO2/c1-4-5-6-7-8-9-10-11-12-13-14-15-16-17-20(2,3)18-19(21)22/h4-18H2,1-3H3. The van der Waals surface area contributed by atoms with E-state index in [9.17, 15) is 9.90 Å². The van der Waals surface area contributed by atoms with E-state index in [-0.39, 0.29) is 6.54 Å². The molecule has 0 aliphatic carbocycles. The van der Waals surface area contributed by atoms with E-state index in [0.717, 1.165) is 13.0 Å². The van der Waals surface area contributed by atoms with Crippen LogP contribution in [0.2, 0.25) is 0 Å². The maximum absolute atomic E-state index is 10.6. The van der Waals surface area contributed by atoms with Gasteiger partial charge in [0.1, 0.15) is 6.54 Å². The zero-order chi connectivity index (χ0) is 16.7. The van der Waals surface area contributed by atoms with E-state index in [2.05, 4.69) is 6.92 Å². The lowest BCUT2D eigenvalue weighted by atomic mass is 10.0. The summed E-state index contributed by atoms with van der Waals surface area (Å²) in [6.07, 6.45) is 17.6. The van der Waals surface area contributed by atoms with Crippen molar-refractivity contribution in [1.82, 2.24) is 0 Å². The van der Waals surface area contributed by atoms with Crippen LogP contribution in [0.15, 0.2) is 0 Å². The summed E-state index contributed by atoms with van der Waals surface area (Å²) in [7, 11) is 3.94. The second kappa shape index (κ2) is 14.0. The molecule has 0 N–H and O–H groups in total. The van der Waals surface area contributed by atoms with E-state index in [1.165, 1.54) is 77.0 Å². The molecular weight excluding hydrogens is 274 g/mol. The fraction of sp³-hybridized carbons (Fsp3) is 0.947. The zero-order valence-electron chi connectivity index (χ0n) is 15.4. The van der Waals surface area contributed by atoms with Gasteiger partial charge in [-0.15, -0.1) is 0 Å². The van der Waals surface area contributed by atoms with Crippen LogP contribution in [0.4, 0.5) is 0 Å². The first-order chi connectivity index (χ1) is 10.5. The molecule has 0 aromatic heterocycles. The van der Waals surface area contributed by atoms with Gasteiger partial charge in [-0.05, 0) is 12.8 Å². The van der Waals surface area contributed by atoms with Gasteiger partial charge >= 0.3 is 0 Å². The van der Waals surface area contributed by atoms with Gasteiger partial charge in [0.05, 0.1) is 26.6 Å². The largest absolute Gasteiger partial charge is 0.544 e. The van der Waals surface area contributed by atoms with Crippen LogP contribution in [0, 0.1) is 0 Å². The van der Waals surface area contributed by atoms with Gasteiger partial charge in [0.15, 0.2) is 0 Å². The number of quaternary nitrogens is 1. The minimum Gasteiger partial charge on any atom is -0.544 e. The molecule has 0 saturated carbocycles. The quantitative estimate of drug-likeness (QED) is 0.320. The number of carbonyl (C=O) groups is 1. The third-order valence-corrected chi connectivity index (χ3v) is 4.42. The molecule has 0 heterocycles. The van der Waals surface area contributed by atoms with Crippen LogP contribution in [-0.4, -0.2) is 37.6 Å². The Hall–Kier alpha value is -0.570. The van der Waals surface area contributed by atoms with Gasteiger partial charge in [0.25, 0.3) is 0 Å². The van der Waals surface area contributed by atoms with E-state index in [4.69, 9.17) is 0 Å². The maximum Gasteiger partial charge on any atom is 0.119 e. The SMILES string of the molecule is CCCCCCCCCCCCCCC[N+](C)(C)CC(=O)[O-]. The van der Waals surface area contributed by atoms with Crippen molar-refractivity contribution in [2.24, 2.45) is 0 Å². The molecule has 0 saturated heterocycles. The molecule has 132 valence electrons. The van der Waals surface area contributed by atoms with Gasteiger partial charge in [-0.1, -0.05) is 77.6 Å². The van der Waals surface area contributed by atoms with E-state index < -0.39 is 5.97 Å². The molecule has 0 spiro atoms. The molecule has 0 aliphatic rings. The number of likely N-dealkylation sites (N-methyl/N-ethyl adjacent to an activating group) is 1. The smallest absolute Gasteiger partial charge is 0.119 e. The molecule has 0 radical (unpaired) electrons. The van der Waals surface area contributed by atoms with Crippen molar-refractivity contribution >= 4 is 5.97 Å². The number of carbonyl (C=O) groups excluding carboxylic acids is 1. The number of aliphatic carboxylic acids is 1. The number of nitrogens with zero attached hydrogens (tertiary/aromatic N) is 1. The highest BCUT2D eigenvalue weighted by atomic mass is 16.4. The second-order valence-electron chi connectivity index (χ2n) is 7.43. The monoisotopic (exact) mass is 313 g/mol. The topological polar surface area (TPSA) is 40.1 Å². The second-order valence-corrected chi connectivity index (χ2v) is 7.43. The normalized spacial score (nSPS) is 11.8. The summed E-state index contributed by atoms with van der Waals surface area (Å²) in [5.41, 5.74) is 0. The van der Waals surface area contributed by atoms with Crippen LogP contribution in [-0.2, 0) is 4.79 Å².